The molecule has 0 saturated heterocycles. The summed E-state index contributed by atoms with van der Waals surface area (Å²) in [5, 5.41) is 11.3. The molecule has 0 aromatic carbocycles. The highest BCUT2D eigenvalue weighted by Crippen LogP contribution is 1.97. The summed E-state index contributed by atoms with van der Waals surface area (Å²) in [6.07, 6.45) is 0. The lowest BCUT2D eigenvalue weighted by Gasteiger charge is -2.17. The van der Waals surface area contributed by atoms with Crippen molar-refractivity contribution in [2.75, 3.05) is 20.1 Å². The predicted molar refractivity (Wildman–Crippen MR) is 45.7 cm³/mol. The number of nitrogens with two attached hydrogens (primary N) is 1. The number of oxime groups is 1. The maximum absolute atomic E-state index is 8.34. The van der Waals surface area contributed by atoms with Crippen molar-refractivity contribution >= 4 is 5.84 Å². The second kappa shape index (κ2) is 4.96. The van der Waals surface area contributed by atoms with E-state index in [0.29, 0.717) is 5.84 Å². The van der Waals surface area contributed by atoms with Crippen LogP contribution in [0.5, 0.6) is 0 Å². The van der Waals surface area contributed by atoms with Crippen LogP contribution in [0.15, 0.2) is 5.16 Å². The van der Waals surface area contributed by atoms with Gasteiger partial charge in [0.1, 0.15) is 5.84 Å². The van der Waals surface area contributed by atoms with Crippen LogP contribution < -0.4 is 5.73 Å². The van der Waals surface area contributed by atoms with Crippen LogP contribution in [0.4, 0.5) is 0 Å². The first kappa shape index (κ1) is 10.2. The van der Waals surface area contributed by atoms with Crippen LogP contribution in [-0.2, 0) is 0 Å². The molecule has 0 aromatic rings. The summed E-state index contributed by atoms with van der Waals surface area (Å²) in [4.78, 5) is 2.11. The van der Waals surface area contributed by atoms with E-state index >= 15 is 0 Å². The van der Waals surface area contributed by atoms with E-state index in [1.165, 1.54) is 0 Å². The van der Waals surface area contributed by atoms with E-state index in [1.807, 2.05) is 14.0 Å². The van der Waals surface area contributed by atoms with E-state index in [0.717, 1.165) is 13.1 Å². The van der Waals surface area contributed by atoms with Gasteiger partial charge in [-0.25, -0.2) is 0 Å². The summed E-state index contributed by atoms with van der Waals surface area (Å²) in [5.41, 5.74) is 5.39. The Morgan fingerprint density at radius 2 is 2.27 bits per heavy atom. The van der Waals surface area contributed by atoms with Gasteiger partial charge >= 0.3 is 0 Å². The van der Waals surface area contributed by atoms with E-state index in [4.69, 9.17) is 10.9 Å². The molecule has 0 bridgehead atoms. The lowest BCUT2D eigenvalue weighted by atomic mass is 10.1. The lowest BCUT2D eigenvalue weighted by molar-refractivity contribution is 0.301. The fraction of sp³-hybridized carbons (Fsp3) is 0.857. The predicted octanol–water partition coefficient (Wildman–Crippen LogP) is 0.321. The normalized spacial score (nSPS) is 15.5. The smallest absolute Gasteiger partial charge is 0.143 e. The fourth-order valence-electron chi connectivity index (χ4n) is 0.789. The molecule has 0 saturated carbocycles. The Morgan fingerprint density at radius 3 is 2.64 bits per heavy atom. The number of rotatable bonds is 4. The molecular formula is C7H17N3O. The number of hydrogen-bond donors (Lipinski definition) is 2. The molecule has 0 rings (SSSR count). The summed E-state index contributed by atoms with van der Waals surface area (Å²) in [5.74, 6) is 0.412. The summed E-state index contributed by atoms with van der Waals surface area (Å²) < 4.78 is 0. The maximum atomic E-state index is 8.34. The molecule has 66 valence electrons. The first-order valence-corrected chi connectivity index (χ1v) is 3.77. The molecule has 3 N–H and O–H groups in total. The molecule has 4 nitrogen and oxygen atoms in total. The van der Waals surface area contributed by atoms with Crippen molar-refractivity contribution in [2.24, 2.45) is 16.8 Å². The third kappa shape index (κ3) is 3.83. The highest BCUT2D eigenvalue weighted by Gasteiger charge is 2.08. The first-order valence-electron chi connectivity index (χ1n) is 3.77. The Balaban J connectivity index is 3.77. The molecule has 0 aliphatic rings. The van der Waals surface area contributed by atoms with Gasteiger partial charge in [-0.05, 0) is 13.6 Å². The quantitative estimate of drug-likeness (QED) is 0.269. The highest BCUT2D eigenvalue weighted by atomic mass is 16.4. The Kier molecular flexibility index (Phi) is 4.61. The summed E-state index contributed by atoms with van der Waals surface area (Å²) in [7, 11) is 2.00. The van der Waals surface area contributed by atoms with Gasteiger partial charge in [-0.3, -0.25) is 0 Å². The van der Waals surface area contributed by atoms with Gasteiger partial charge < -0.3 is 15.8 Å². The second-order valence-corrected chi connectivity index (χ2v) is 2.78. The van der Waals surface area contributed by atoms with Gasteiger partial charge in [0.05, 0.1) is 0 Å². The average Bonchev–Trinajstić information content (AvgIpc) is 2.02. The van der Waals surface area contributed by atoms with E-state index in [-0.39, 0.29) is 5.92 Å². The van der Waals surface area contributed by atoms with Crippen LogP contribution in [0, 0.1) is 5.92 Å². The Labute approximate surface area is 67.7 Å². The van der Waals surface area contributed by atoms with Gasteiger partial charge in [-0.15, -0.1) is 0 Å². The van der Waals surface area contributed by atoms with Crippen molar-refractivity contribution < 1.29 is 5.21 Å². The van der Waals surface area contributed by atoms with E-state index < -0.39 is 0 Å². The van der Waals surface area contributed by atoms with Crippen molar-refractivity contribution in [2.45, 2.75) is 13.8 Å². The molecule has 1 unspecified atom stereocenters. The number of hydrogen-bond acceptors (Lipinski definition) is 3. The van der Waals surface area contributed by atoms with Crippen LogP contribution in [0.1, 0.15) is 13.8 Å². The van der Waals surface area contributed by atoms with Crippen molar-refractivity contribution in [3.05, 3.63) is 0 Å². The molecule has 4 heteroatoms. The number of nitrogens with zero attached hydrogens (tertiary/aromatic N) is 2. The van der Waals surface area contributed by atoms with Crippen LogP contribution in [0.3, 0.4) is 0 Å². The zero-order valence-corrected chi connectivity index (χ0v) is 7.41. The highest BCUT2D eigenvalue weighted by molar-refractivity contribution is 5.82. The van der Waals surface area contributed by atoms with Gasteiger partial charge in [-0.2, -0.15) is 0 Å². The molecule has 0 aliphatic heterocycles. The fourth-order valence-corrected chi connectivity index (χ4v) is 0.789. The van der Waals surface area contributed by atoms with Crippen molar-refractivity contribution in [3.63, 3.8) is 0 Å². The largest absolute Gasteiger partial charge is 0.409 e. The Bertz CT molecular complexity index is 136. The zero-order valence-electron chi connectivity index (χ0n) is 7.41. The van der Waals surface area contributed by atoms with Crippen molar-refractivity contribution in [1.29, 1.82) is 0 Å². The SMILES string of the molecule is CCN(C)CC(C)/C(N)=N/O. The molecule has 0 fully saturated rings. The van der Waals surface area contributed by atoms with E-state index in [1.54, 1.807) is 0 Å². The Morgan fingerprint density at radius 1 is 1.73 bits per heavy atom. The third-order valence-electron chi connectivity index (χ3n) is 1.75. The molecule has 0 aromatic heterocycles. The molecule has 0 heterocycles. The van der Waals surface area contributed by atoms with Gasteiger partial charge in [0, 0.05) is 12.5 Å². The van der Waals surface area contributed by atoms with Crippen LogP contribution in [-0.4, -0.2) is 36.1 Å². The van der Waals surface area contributed by atoms with Crippen LogP contribution >= 0.6 is 0 Å². The van der Waals surface area contributed by atoms with E-state index in [2.05, 4.69) is 17.0 Å². The molecule has 0 aliphatic carbocycles. The molecule has 0 spiro atoms. The monoisotopic (exact) mass is 159 g/mol. The minimum absolute atomic E-state index is 0.116. The molecule has 1 atom stereocenters. The second-order valence-electron chi connectivity index (χ2n) is 2.78. The zero-order chi connectivity index (χ0) is 8.85. The summed E-state index contributed by atoms with van der Waals surface area (Å²) >= 11 is 0. The molecule has 0 amide bonds. The lowest BCUT2D eigenvalue weighted by Crippen LogP contribution is -2.32. The minimum Gasteiger partial charge on any atom is -0.409 e. The van der Waals surface area contributed by atoms with Crippen LogP contribution in [0.25, 0.3) is 0 Å². The molecule has 0 radical (unpaired) electrons. The number of amidine groups is 1. The topological polar surface area (TPSA) is 61.8 Å². The molecule has 11 heavy (non-hydrogen) atoms. The van der Waals surface area contributed by atoms with E-state index in [9.17, 15) is 0 Å². The van der Waals surface area contributed by atoms with Gasteiger partial charge in [0.2, 0.25) is 0 Å². The Hall–Kier alpha value is -0.770. The van der Waals surface area contributed by atoms with Gasteiger partial charge in [0.15, 0.2) is 0 Å². The molecular weight excluding hydrogens is 142 g/mol. The van der Waals surface area contributed by atoms with Gasteiger partial charge in [0.25, 0.3) is 0 Å². The maximum Gasteiger partial charge on any atom is 0.143 e. The van der Waals surface area contributed by atoms with Crippen molar-refractivity contribution in [1.82, 2.24) is 4.90 Å². The average molecular weight is 159 g/mol. The van der Waals surface area contributed by atoms with Gasteiger partial charge in [-0.1, -0.05) is 19.0 Å². The van der Waals surface area contributed by atoms with Crippen LogP contribution in [0.2, 0.25) is 0 Å². The summed E-state index contributed by atoms with van der Waals surface area (Å²) in [6.45, 7) is 5.80. The third-order valence-corrected chi connectivity index (χ3v) is 1.75. The minimum atomic E-state index is 0.116. The standard InChI is InChI=1S/C7H17N3O/c1-4-10(3)5-6(2)7(8)9-11/h6,11H,4-5H2,1-3H3,(H2,8,9). The first-order chi connectivity index (χ1) is 5.11. The summed E-state index contributed by atoms with van der Waals surface area (Å²) in [6, 6.07) is 0. The van der Waals surface area contributed by atoms with Crippen molar-refractivity contribution in [3.8, 4) is 0 Å².